The van der Waals surface area contributed by atoms with Gasteiger partial charge in [-0.25, -0.2) is 0 Å². The minimum absolute atomic E-state index is 0.720. The number of rotatable bonds is 21. The second-order valence-corrected chi connectivity index (χ2v) is 8.94. The maximum atomic E-state index is 9.22. The van der Waals surface area contributed by atoms with Crippen molar-refractivity contribution in [2.75, 3.05) is 0 Å². The minimum atomic E-state index is -0.720. The van der Waals surface area contributed by atoms with Crippen LogP contribution in [0.2, 0.25) is 0 Å². The van der Waals surface area contributed by atoms with E-state index in [4.69, 9.17) is 12.8 Å². The first kappa shape index (κ1) is 29.5. The molecule has 0 radical (unpaired) electrons. The third-order valence-corrected chi connectivity index (χ3v) is 5.86. The first-order valence-corrected chi connectivity index (χ1v) is 12.7. The summed E-state index contributed by atoms with van der Waals surface area (Å²) in [5, 5.41) is 18.4. The van der Waals surface area contributed by atoms with Crippen molar-refractivity contribution < 1.29 is 10.2 Å². The van der Waals surface area contributed by atoms with E-state index >= 15 is 0 Å². The van der Waals surface area contributed by atoms with E-state index in [-0.39, 0.29) is 0 Å². The Kier molecular flexibility index (Phi) is 22.1. The third kappa shape index (κ3) is 23.0. The molecule has 0 fully saturated rings. The van der Waals surface area contributed by atoms with Gasteiger partial charge < -0.3 is 10.2 Å². The van der Waals surface area contributed by atoms with Gasteiger partial charge in [0.1, 0.15) is 12.2 Å². The first-order chi connectivity index (χ1) is 15.1. The Hall–Kier alpha value is -1.48. The van der Waals surface area contributed by atoms with E-state index in [1.165, 1.54) is 96.3 Å². The van der Waals surface area contributed by atoms with Crippen molar-refractivity contribution in [3.63, 3.8) is 0 Å². The smallest absolute Gasteiger partial charge is 0.133 e. The van der Waals surface area contributed by atoms with Crippen LogP contribution in [-0.2, 0) is 0 Å². The summed E-state index contributed by atoms with van der Waals surface area (Å²) in [5.41, 5.74) is 0. The van der Waals surface area contributed by atoms with Crippen molar-refractivity contribution in [3.05, 3.63) is 24.3 Å². The van der Waals surface area contributed by atoms with Gasteiger partial charge in [-0.3, -0.25) is 0 Å². The van der Waals surface area contributed by atoms with Gasteiger partial charge in [0.05, 0.1) is 0 Å². The van der Waals surface area contributed by atoms with Crippen molar-refractivity contribution in [1.82, 2.24) is 0 Å². The Labute approximate surface area is 193 Å². The summed E-state index contributed by atoms with van der Waals surface area (Å²) in [4.78, 5) is 0. The molecule has 2 nitrogen and oxygen atoms in total. The summed E-state index contributed by atoms with van der Waals surface area (Å²) in [6, 6.07) is 0. The highest BCUT2D eigenvalue weighted by atomic mass is 16.3. The predicted octanol–water partition coefficient (Wildman–Crippen LogP) is 7.35. The standard InChI is InChI=1S/C29H48O2/c1-4-28(30)25-21-17-13-8-6-7-11-15-19-23-27(3)24-20-16-12-9-10-14-18-22-26-29(31)5-2/h1-2,21-22,25-31H,6-20,23-24H2,3H3. The lowest BCUT2D eigenvalue weighted by Gasteiger charge is -2.11. The first-order valence-electron chi connectivity index (χ1n) is 12.7. The molecule has 0 amide bonds. The summed E-state index contributed by atoms with van der Waals surface area (Å²) in [6.07, 6.45) is 38.2. The molecule has 0 aromatic rings. The number of hydrogen-bond acceptors (Lipinski definition) is 2. The highest BCUT2D eigenvalue weighted by Gasteiger charge is 2.02. The van der Waals surface area contributed by atoms with Gasteiger partial charge in [-0.05, 0) is 43.8 Å². The molecule has 0 heterocycles. The van der Waals surface area contributed by atoms with Gasteiger partial charge in [0.25, 0.3) is 0 Å². The van der Waals surface area contributed by atoms with Crippen molar-refractivity contribution in [1.29, 1.82) is 0 Å². The van der Waals surface area contributed by atoms with E-state index in [1.807, 2.05) is 12.2 Å². The maximum Gasteiger partial charge on any atom is 0.133 e. The van der Waals surface area contributed by atoms with Gasteiger partial charge in [0, 0.05) is 0 Å². The molecule has 0 spiro atoms. The summed E-state index contributed by atoms with van der Waals surface area (Å²) in [6.45, 7) is 2.42. The second-order valence-electron chi connectivity index (χ2n) is 8.94. The van der Waals surface area contributed by atoms with E-state index in [0.29, 0.717) is 0 Å². The molecule has 0 aliphatic rings. The molecule has 0 saturated heterocycles. The molecule has 3 unspecified atom stereocenters. The van der Waals surface area contributed by atoms with Crippen LogP contribution in [0.1, 0.15) is 116 Å². The Morgan fingerprint density at radius 1 is 0.581 bits per heavy atom. The fourth-order valence-corrected chi connectivity index (χ4v) is 3.81. The highest BCUT2D eigenvalue weighted by molar-refractivity contribution is 5.06. The Morgan fingerprint density at radius 3 is 1.26 bits per heavy atom. The fourth-order valence-electron chi connectivity index (χ4n) is 3.81. The molecule has 31 heavy (non-hydrogen) atoms. The van der Waals surface area contributed by atoms with Crippen LogP contribution in [0.3, 0.4) is 0 Å². The molecule has 3 atom stereocenters. The van der Waals surface area contributed by atoms with Gasteiger partial charge in [0.15, 0.2) is 0 Å². The average molecular weight is 429 g/mol. The number of terminal acetylenes is 2. The van der Waals surface area contributed by atoms with E-state index in [0.717, 1.165) is 18.8 Å². The molecule has 0 aliphatic carbocycles. The molecule has 0 bridgehead atoms. The molecule has 0 saturated carbocycles. The zero-order valence-electron chi connectivity index (χ0n) is 20.1. The molecule has 0 aliphatic heterocycles. The number of unbranched alkanes of at least 4 members (excludes halogenated alkanes) is 13. The van der Waals surface area contributed by atoms with Crippen molar-refractivity contribution in [2.24, 2.45) is 5.92 Å². The molecule has 176 valence electrons. The third-order valence-electron chi connectivity index (χ3n) is 5.86. The van der Waals surface area contributed by atoms with E-state index < -0.39 is 12.2 Å². The molecule has 0 rings (SSSR count). The summed E-state index contributed by atoms with van der Waals surface area (Å²) in [5.74, 6) is 5.46. The van der Waals surface area contributed by atoms with Crippen molar-refractivity contribution in [2.45, 2.75) is 128 Å². The number of hydrogen-bond donors (Lipinski definition) is 2. The largest absolute Gasteiger partial charge is 0.377 e. The topological polar surface area (TPSA) is 40.5 Å². The van der Waals surface area contributed by atoms with E-state index in [9.17, 15) is 10.2 Å². The maximum absolute atomic E-state index is 9.22. The van der Waals surface area contributed by atoms with Gasteiger partial charge >= 0.3 is 0 Å². The van der Waals surface area contributed by atoms with Crippen LogP contribution >= 0.6 is 0 Å². The van der Waals surface area contributed by atoms with Crippen LogP contribution < -0.4 is 0 Å². The van der Waals surface area contributed by atoms with Crippen LogP contribution in [0.5, 0.6) is 0 Å². The lowest BCUT2D eigenvalue weighted by molar-refractivity contribution is 0.280. The number of aliphatic hydroxyl groups is 2. The van der Waals surface area contributed by atoms with Gasteiger partial charge in [-0.1, -0.05) is 114 Å². The highest BCUT2D eigenvalue weighted by Crippen LogP contribution is 2.19. The van der Waals surface area contributed by atoms with Crippen LogP contribution in [0.25, 0.3) is 0 Å². The summed E-state index contributed by atoms with van der Waals surface area (Å²) >= 11 is 0. The molecule has 0 aromatic heterocycles. The SMILES string of the molecule is C#CC(O)C=CCCCCCCCCCC(C)CCCCCCCCC=CC(O)C#C. The van der Waals surface area contributed by atoms with Crippen LogP contribution in [0.15, 0.2) is 24.3 Å². The average Bonchev–Trinajstić information content (AvgIpc) is 2.78. The molecule has 2 heteroatoms. The minimum Gasteiger partial charge on any atom is -0.377 e. The fraction of sp³-hybridized carbons (Fsp3) is 0.724. The van der Waals surface area contributed by atoms with Gasteiger partial charge in [0.2, 0.25) is 0 Å². The molecular weight excluding hydrogens is 380 g/mol. The van der Waals surface area contributed by atoms with E-state index in [2.05, 4.69) is 18.8 Å². The Balaban J connectivity index is 3.29. The predicted molar refractivity (Wildman–Crippen MR) is 136 cm³/mol. The monoisotopic (exact) mass is 428 g/mol. The Morgan fingerprint density at radius 2 is 0.903 bits per heavy atom. The lowest BCUT2D eigenvalue weighted by atomic mass is 9.96. The number of allylic oxidation sites excluding steroid dienone is 2. The van der Waals surface area contributed by atoms with Crippen LogP contribution in [-0.4, -0.2) is 22.4 Å². The van der Waals surface area contributed by atoms with Crippen LogP contribution in [0.4, 0.5) is 0 Å². The van der Waals surface area contributed by atoms with Crippen molar-refractivity contribution in [3.8, 4) is 24.7 Å². The lowest BCUT2D eigenvalue weighted by Crippen LogP contribution is -1.95. The van der Waals surface area contributed by atoms with Crippen molar-refractivity contribution >= 4 is 0 Å². The number of aliphatic hydroxyl groups excluding tert-OH is 2. The normalized spacial score (nSPS) is 14.5. The summed E-state index contributed by atoms with van der Waals surface area (Å²) < 4.78 is 0. The molecule has 0 aromatic carbocycles. The second kappa shape index (κ2) is 23.2. The zero-order chi connectivity index (χ0) is 23.0. The summed E-state index contributed by atoms with van der Waals surface area (Å²) in [7, 11) is 0. The molecular formula is C29H48O2. The Bertz CT molecular complexity index is 520. The zero-order valence-corrected chi connectivity index (χ0v) is 20.1. The van der Waals surface area contributed by atoms with Crippen LogP contribution in [0, 0.1) is 30.6 Å². The quantitative estimate of drug-likeness (QED) is 0.114. The molecule has 2 N–H and O–H groups in total. The van der Waals surface area contributed by atoms with E-state index in [1.54, 1.807) is 12.2 Å². The van der Waals surface area contributed by atoms with Gasteiger partial charge in [-0.2, -0.15) is 0 Å². The van der Waals surface area contributed by atoms with Gasteiger partial charge in [-0.15, -0.1) is 12.8 Å².